The minimum absolute atomic E-state index is 0.214. The molecule has 0 spiro atoms. The molecule has 2 atom stereocenters. The summed E-state index contributed by atoms with van der Waals surface area (Å²) in [6, 6.07) is 0. The van der Waals surface area contributed by atoms with Crippen LogP contribution < -0.4 is 0 Å². The number of ether oxygens (including phenoxy) is 8. The Balaban J connectivity index is 1.24. The molecule has 2 fully saturated rings. The van der Waals surface area contributed by atoms with Crippen molar-refractivity contribution in [2.24, 2.45) is 0 Å². The zero-order chi connectivity index (χ0) is 21.3. The summed E-state index contributed by atoms with van der Waals surface area (Å²) in [7, 11) is 0. The van der Waals surface area contributed by atoms with Crippen LogP contribution in [0.3, 0.4) is 0 Å². The number of carbonyl (C=O) groups excluding carboxylic acids is 2. The van der Waals surface area contributed by atoms with Crippen LogP contribution in [-0.2, 0) is 47.5 Å². The third-order valence-corrected chi connectivity index (χ3v) is 4.15. The first-order chi connectivity index (χ1) is 14.7. The SMILES string of the molecule is O=C(CCCCC(=O)OCCOCCOCC1CO1)OCCOCCOCC1CO1. The van der Waals surface area contributed by atoms with Gasteiger partial charge >= 0.3 is 11.9 Å². The second-order valence-electron chi connectivity index (χ2n) is 6.93. The van der Waals surface area contributed by atoms with Crippen molar-refractivity contribution in [3.8, 4) is 0 Å². The Morgan fingerprint density at radius 3 is 1.37 bits per heavy atom. The highest BCUT2D eigenvalue weighted by Crippen LogP contribution is 2.08. The average molecular weight is 434 g/mol. The van der Waals surface area contributed by atoms with E-state index in [1.807, 2.05) is 0 Å². The summed E-state index contributed by atoms with van der Waals surface area (Å²) in [5.74, 6) is -0.587. The molecule has 0 aromatic heterocycles. The lowest BCUT2D eigenvalue weighted by Gasteiger charge is -2.07. The van der Waals surface area contributed by atoms with Crippen LogP contribution in [0.25, 0.3) is 0 Å². The Labute approximate surface area is 177 Å². The van der Waals surface area contributed by atoms with Gasteiger partial charge in [0, 0.05) is 12.8 Å². The van der Waals surface area contributed by atoms with Crippen molar-refractivity contribution in [3.05, 3.63) is 0 Å². The highest BCUT2D eigenvalue weighted by Gasteiger charge is 2.22. The van der Waals surface area contributed by atoms with Gasteiger partial charge in [-0.05, 0) is 12.8 Å². The lowest BCUT2D eigenvalue weighted by molar-refractivity contribution is -0.147. The summed E-state index contributed by atoms with van der Waals surface area (Å²) < 4.78 is 41.4. The number of hydrogen-bond acceptors (Lipinski definition) is 10. The summed E-state index contributed by atoms with van der Waals surface area (Å²) in [5.41, 5.74) is 0. The number of unbranched alkanes of at least 4 members (excludes halogenated alkanes) is 1. The molecule has 0 amide bonds. The maximum absolute atomic E-state index is 11.6. The molecule has 0 aromatic carbocycles. The minimum atomic E-state index is -0.294. The van der Waals surface area contributed by atoms with Gasteiger partial charge in [-0.3, -0.25) is 9.59 Å². The first-order valence-electron chi connectivity index (χ1n) is 10.6. The standard InChI is InChI=1S/C20H34O10/c21-19(27-11-9-23-5-7-25-13-17-15-29-17)3-1-2-4-20(22)28-12-10-24-6-8-26-14-18-16-30-18/h17-18H,1-16H2. The Kier molecular flexibility index (Phi) is 13.6. The molecule has 10 heteroatoms. The topological polar surface area (TPSA) is 115 Å². The average Bonchev–Trinajstić information content (AvgIpc) is 3.64. The van der Waals surface area contributed by atoms with Crippen LogP contribution in [0.15, 0.2) is 0 Å². The third-order valence-electron chi connectivity index (χ3n) is 4.15. The molecule has 2 saturated heterocycles. The van der Waals surface area contributed by atoms with Gasteiger partial charge in [0.15, 0.2) is 0 Å². The molecule has 10 nitrogen and oxygen atoms in total. The van der Waals surface area contributed by atoms with Crippen LogP contribution in [0.5, 0.6) is 0 Å². The van der Waals surface area contributed by atoms with E-state index in [1.165, 1.54) is 0 Å². The van der Waals surface area contributed by atoms with Gasteiger partial charge in [-0.2, -0.15) is 0 Å². The van der Waals surface area contributed by atoms with E-state index in [0.29, 0.717) is 65.7 Å². The fourth-order valence-electron chi connectivity index (χ4n) is 2.31. The predicted octanol–water partition coefficient (Wildman–Crippen LogP) is 0.497. The van der Waals surface area contributed by atoms with Crippen molar-refractivity contribution in [1.29, 1.82) is 0 Å². The van der Waals surface area contributed by atoms with Gasteiger partial charge in [-0.1, -0.05) is 0 Å². The quantitative estimate of drug-likeness (QED) is 0.144. The Bertz CT molecular complexity index is 423. The molecule has 2 aliphatic heterocycles. The van der Waals surface area contributed by atoms with Crippen molar-refractivity contribution in [2.75, 3.05) is 79.3 Å². The second-order valence-corrected chi connectivity index (χ2v) is 6.93. The molecule has 0 saturated carbocycles. The molecule has 2 aliphatic rings. The summed E-state index contributed by atoms with van der Waals surface area (Å²) in [4.78, 5) is 23.2. The molecule has 174 valence electrons. The van der Waals surface area contributed by atoms with Crippen molar-refractivity contribution in [3.63, 3.8) is 0 Å². The molecule has 0 aliphatic carbocycles. The van der Waals surface area contributed by atoms with Crippen molar-refractivity contribution in [1.82, 2.24) is 0 Å². The first kappa shape index (κ1) is 25.0. The smallest absolute Gasteiger partial charge is 0.305 e. The summed E-state index contributed by atoms with van der Waals surface area (Å²) in [6.45, 7) is 5.79. The van der Waals surface area contributed by atoms with E-state index in [2.05, 4.69) is 0 Å². The summed E-state index contributed by atoms with van der Waals surface area (Å²) in [5, 5.41) is 0. The van der Waals surface area contributed by atoms with Crippen molar-refractivity contribution in [2.45, 2.75) is 37.9 Å². The van der Waals surface area contributed by atoms with E-state index < -0.39 is 0 Å². The van der Waals surface area contributed by atoms with Crippen LogP contribution >= 0.6 is 0 Å². The molecular weight excluding hydrogens is 400 g/mol. The number of carbonyl (C=O) groups is 2. The van der Waals surface area contributed by atoms with Gasteiger partial charge in [0.2, 0.25) is 0 Å². The van der Waals surface area contributed by atoms with Gasteiger partial charge in [-0.25, -0.2) is 0 Å². The van der Waals surface area contributed by atoms with Gasteiger partial charge in [0.25, 0.3) is 0 Å². The fraction of sp³-hybridized carbons (Fsp3) is 0.900. The molecule has 0 N–H and O–H groups in total. The number of rotatable bonds is 21. The van der Waals surface area contributed by atoms with E-state index in [1.54, 1.807) is 0 Å². The lowest BCUT2D eigenvalue weighted by atomic mass is 10.2. The van der Waals surface area contributed by atoms with Gasteiger partial charge in [0.1, 0.15) is 25.4 Å². The van der Waals surface area contributed by atoms with Gasteiger partial charge in [-0.15, -0.1) is 0 Å². The van der Waals surface area contributed by atoms with Crippen LogP contribution in [0.1, 0.15) is 25.7 Å². The van der Waals surface area contributed by atoms with Gasteiger partial charge < -0.3 is 37.9 Å². The Morgan fingerprint density at radius 2 is 0.967 bits per heavy atom. The molecule has 2 heterocycles. The fourth-order valence-corrected chi connectivity index (χ4v) is 2.31. The second kappa shape index (κ2) is 16.4. The maximum Gasteiger partial charge on any atom is 0.305 e. The monoisotopic (exact) mass is 434 g/mol. The zero-order valence-electron chi connectivity index (χ0n) is 17.6. The largest absolute Gasteiger partial charge is 0.463 e. The van der Waals surface area contributed by atoms with E-state index in [-0.39, 0.29) is 50.2 Å². The Morgan fingerprint density at radius 1 is 0.600 bits per heavy atom. The van der Waals surface area contributed by atoms with Crippen LogP contribution in [0.2, 0.25) is 0 Å². The summed E-state index contributed by atoms with van der Waals surface area (Å²) >= 11 is 0. The van der Waals surface area contributed by atoms with Crippen LogP contribution in [-0.4, -0.2) is 103 Å². The third kappa shape index (κ3) is 15.5. The number of esters is 2. The molecular formula is C20H34O10. The maximum atomic E-state index is 11.6. The number of hydrogen-bond donors (Lipinski definition) is 0. The number of epoxide rings is 2. The lowest BCUT2D eigenvalue weighted by Crippen LogP contribution is -2.14. The Hall–Kier alpha value is -1.30. The van der Waals surface area contributed by atoms with Gasteiger partial charge in [0.05, 0.1) is 66.1 Å². The van der Waals surface area contributed by atoms with Crippen molar-refractivity contribution < 1.29 is 47.5 Å². The first-order valence-corrected chi connectivity index (χ1v) is 10.6. The minimum Gasteiger partial charge on any atom is -0.463 e. The predicted molar refractivity (Wildman–Crippen MR) is 103 cm³/mol. The molecule has 2 rings (SSSR count). The normalized spacial score (nSPS) is 19.5. The molecule has 0 radical (unpaired) electrons. The highest BCUT2D eigenvalue weighted by molar-refractivity contribution is 5.70. The van der Waals surface area contributed by atoms with Crippen LogP contribution in [0.4, 0.5) is 0 Å². The van der Waals surface area contributed by atoms with Crippen LogP contribution in [0, 0.1) is 0 Å². The molecule has 0 bridgehead atoms. The molecule has 30 heavy (non-hydrogen) atoms. The molecule has 2 unspecified atom stereocenters. The van der Waals surface area contributed by atoms with E-state index >= 15 is 0 Å². The van der Waals surface area contributed by atoms with E-state index in [4.69, 9.17) is 37.9 Å². The van der Waals surface area contributed by atoms with Crippen molar-refractivity contribution >= 4 is 11.9 Å². The zero-order valence-corrected chi connectivity index (χ0v) is 17.6. The summed E-state index contributed by atoms with van der Waals surface area (Å²) in [6.07, 6.45) is 2.20. The molecule has 0 aromatic rings. The van der Waals surface area contributed by atoms with E-state index in [9.17, 15) is 9.59 Å². The van der Waals surface area contributed by atoms with E-state index in [0.717, 1.165) is 13.2 Å². The highest BCUT2D eigenvalue weighted by atomic mass is 16.6.